The Hall–Kier alpha value is -1.48. The summed E-state index contributed by atoms with van der Waals surface area (Å²) in [4.78, 5) is 34.0. The number of hydrogen-bond donors (Lipinski definition) is 4. The van der Waals surface area contributed by atoms with E-state index in [1.807, 2.05) is 11.8 Å². The van der Waals surface area contributed by atoms with Crippen molar-refractivity contribution in [3.05, 3.63) is 0 Å². The molecule has 0 radical (unpaired) electrons. The number of amides is 3. The number of nitrogens with one attached hydrogen (secondary N) is 3. The third kappa shape index (κ3) is 5.55. The molecule has 24 heavy (non-hydrogen) atoms. The second-order valence-electron chi connectivity index (χ2n) is 6.06. The first-order valence-electron chi connectivity index (χ1n) is 8.27. The number of esters is 1. The van der Waals surface area contributed by atoms with E-state index in [1.165, 1.54) is 6.92 Å². The fourth-order valence-electron chi connectivity index (χ4n) is 2.83. The fraction of sp³-hybridized carbons (Fsp3) is 0.800. The third-order valence-corrected chi connectivity index (χ3v) is 5.60. The van der Waals surface area contributed by atoms with Crippen molar-refractivity contribution >= 4 is 29.7 Å². The van der Waals surface area contributed by atoms with Gasteiger partial charge in [-0.1, -0.05) is 6.42 Å². The molecular weight excluding hydrogens is 334 g/mol. The Bertz CT molecular complexity index is 474. The van der Waals surface area contributed by atoms with Gasteiger partial charge in [0, 0.05) is 17.4 Å². The summed E-state index contributed by atoms with van der Waals surface area (Å²) in [6.45, 7) is 1.64. The molecule has 0 aromatic heterocycles. The molecule has 136 valence electrons. The zero-order chi connectivity index (χ0) is 17.5. The van der Waals surface area contributed by atoms with Crippen molar-refractivity contribution in [1.82, 2.24) is 16.0 Å². The molecule has 9 heteroatoms. The molecule has 0 bridgehead atoms. The van der Waals surface area contributed by atoms with Gasteiger partial charge >= 0.3 is 12.0 Å². The van der Waals surface area contributed by atoms with E-state index in [0.29, 0.717) is 11.7 Å². The Morgan fingerprint density at radius 1 is 1.42 bits per heavy atom. The molecule has 0 aromatic rings. The summed E-state index contributed by atoms with van der Waals surface area (Å²) in [6.07, 6.45) is 1.98. The molecule has 2 aliphatic heterocycles. The van der Waals surface area contributed by atoms with E-state index in [9.17, 15) is 14.4 Å². The maximum Gasteiger partial charge on any atom is 0.334 e. The molecule has 4 atom stereocenters. The Morgan fingerprint density at radius 2 is 2.21 bits per heavy atom. The summed E-state index contributed by atoms with van der Waals surface area (Å²) in [7, 11) is 0. The smallest absolute Gasteiger partial charge is 0.334 e. The molecule has 2 aliphatic rings. The average Bonchev–Trinajstić information content (AvgIpc) is 3.07. The molecule has 2 fully saturated rings. The Labute approximate surface area is 145 Å². The van der Waals surface area contributed by atoms with E-state index in [1.54, 1.807) is 0 Å². The van der Waals surface area contributed by atoms with Crippen molar-refractivity contribution in [3.8, 4) is 0 Å². The first-order valence-corrected chi connectivity index (χ1v) is 9.32. The predicted octanol–water partition coefficient (Wildman–Crippen LogP) is -0.248. The standard InChI is InChI=1S/C15H25N3O5S/c1-9(19)14(21)23-7-6-16-12(20)5-3-2-4-11-13-10(8-24-11)17-15(22)18-13/h9-11,13,19H,2-8H2,1H3,(H,16,20)(H2,17,18,22)/t9?,10-,11?,13-/m1/s1. The number of aliphatic hydroxyl groups is 1. The molecule has 4 N–H and O–H groups in total. The van der Waals surface area contributed by atoms with Crippen LogP contribution in [0.3, 0.4) is 0 Å². The molecule has 0 aromatic carbocycles. The largest absolute Gasteiger partial charge is 0.462 e. The lowest BCUT2D eigenvalue weighted by molar-refractivity contribution is -0.152. The lowest BCUT2D eigenvalue weighted by atomic mass is 10.0. The quantitative estimate of drug-likeness (QED) is 0.256. The van der Waals surface area contributed by atoms with Crippen LogP contribution in [-0.4, -0.2) is 65.4 Å². The van der Waals surface area contributed by atoms with Crippen LogP contribution in [0.5, 0.6) is 0 Å². The van der Waals surface area contributed by atoms with Crippen molar-refractivity contribution in [2.45, 2.75) is 56.0 Å². The molecule has 3 amide bonds. The highest BCUT2D eigenvalue weighted by atomic mass is 32.2. The van der Waals surface area contributed by atoms with Crippen molar-refractivity contribution in [2.24, 2.45) is 0 Å². The number of hydrogen-bond acceptors (Lipinski definition) is 6. The number of carbonyl (C=O) groups excluding carboxylic acids is 3. The normalized spacial score (nSPS) is 26.2. The van der Waals surface area contributed by atoms with E-state index in [-0.39, 0.29) is 37.2 Å². The maximum absolute atomic E-state index is 11.7. The summed E-state index contributed by atoms with van der Waals surface area (Å²) in [5.41, 5.74) is 0. The lowest BCUT2D eigenvalue weighted by Crippen LogP contribution is -2.36. The van der Waals surface area contributed by atoms with Crippen LogP contribution in [0.15, 0.2) is 0 Å². The van der Waals surface area contributed by atoms with Gasteiger partial charge in [-0.25, -0.2) is 9.59 Å². The van der Waals surface area contributed by atoms with Gasteiger partial charge in [-0.05, 0) is 19.8 Å². The Balaban J connectivity index is 1.49. The number of ether oxygens (including phenoxy) is 1. The first kappa shape index (κ1) is 18.9. The van der Waals surface area contributed by atoms with Crippen molar-refractivity contribution in [3.63, 3.8) is 0 Å². The van der Waals surface area contributed by atoms with Gasteiger partial charge in [0.1, 0.15) is 12.7 Å². The SMILES string of the molecule is CC(O)C(=O)OCCNC(=O)CCCCC1SC[C@H]2NC(=O)N[C@@H]12. The van der Waals surface area contributed by atoms with Crippen LogP contribution in [0.1, 0.15) is 32.6 Å². The summed E-state index contributed by atoms with van der Waals surface area (Å²) in [6, 6.07) is 0.367. The molecule has 0 aliphatic carbocycles. The van der Waals surface area contributed by atoms with Crippen LogP contribution in [0.25, 0.3) is 0 Å². The van der Waals surface area contributed by atoms with Crippen LogP contribution in [0.2, 0.25) is 0 Å². The van der Waals surface area contributed by atoms with E-state index in [0.717, 1.165) is 25.0 Å². The topological polar surface area (TPSA) is 117 Å². The van der Waals surface area contributed by atoms with Gasteiger partial charge < -0.3 is 25.8 Å². The van der Waals surface area contributed by atoms with Crippen molar-refractivity contribution in [1.29, 1.82) is 0 Å². The number of rotatable bonds is 9. The average molecular weight is 359 g/mol. The highest BCUT2D eigenvalue weighted by Gasteiger charge is 2.42. The molecule has 0 saturated carbocycles. The highest BCUT2D eigenvalue weighted by molar-refractivity contribution is 8.00. The number of fused-ring (bicyclic) bond motifs is 1. The van der Waals surface area contributed by atoms with Gasteiger partial charge in [-0.15, -0.1) is 0 Å². The number of aliphatic hydroxyl groups excluding tert-OH is 1. The van der Waals surface area contributed by atoms with Crippen LogP contribution >= 0.6 is 11.8 Å². The van der Waals surface area contributed by atoms with E-state index >= 15 is 0 Å². The molecule has 8 nitrogen and oxygen atoms in total. The maximum atomic E-state index is 11.7. The van der Waals surface area contributed by atoms with E-state index in [2.05, 4.69) is 16.0 Å². The van der Waals surface area contributed by atoms with E-state index in [4.69, 9.17) is 9.84 Å². The van der Waals surface area contributed by atoms with Crippen LogP contribution in [-0.2, 0) is 14.3 Å². The zero-order valence-corrected chi connectivity index (χ0v) is 14.6. The van der Waals surface area contributed by atoms with Crippen molar-refractivity contribution < 1.29 is 24.2 Å². The molecule has 2 heterocycles. The van der Waals surface area contributed by atoms with E-state index < -0.39 is 12.1 Å². The van der Waals surface area contributed by atoms with Gasteiger partial charge in [-0.2, -0.15) is 11.8 Å². The zero-order valence-electron chi connectivity index (χ0n) is 13.7. The molecular formula is C15H25N3O5S. The van der Waals surface area contributed by atoms with Crippen molar-refractivity contribution in [2.75, 3.05) is 18.9 Å². The Morgan fingerprint density at radius 3 is 2.96 bits per heavy atom. The van der Waals surface area contributed by atoms with Gasteiger partial charge in [0.15, 0.2) is 0 Å². The van der Waals surface area contributed by atoms with Gasteiger partial charge in [0.2, 0.25) is 5.91 Å². The highest BCUT2D eigenvalue weighted by Crippen LogP contribution is 2.33. The molecule has 2 saturated heterocycles. The second-order valence-corrected chi connectivity index (χ2v) is 7.33. The molecule has 2 rings (SSSR count). The van der Waals surface area contributed by atoms with Crippen LogP contribution in [0.4, 0.5) is 4.79 Å². The summed E-state index contributed by atoms with van der Waals surface area (Å²) in [5, 5.41) is 17.9. The first-order chi connectivity index (χ1) is 11.5. The van der Waals surface area contributed by atoms with Gasteiger partial charge in [-0.3, -0.25) is 4.79 Å². The Kier molecular flexibility index (Phi) is 7.16. The number of urea groups is 1. The summed E-state index contributed by atoms with van der Waals surface area (Å²) in [5.74, 6) is 0.181. The number of unbranched alkanes of at least 4 members (excludes halogenated alkanes) is 1. The van der Waals surface area contributed by atoms with Crippen LogP contribution in [0, 0.1) is 0 Å². The minimum Gasteiger partial charge on any atom is -0.462 e. The molecule has 2 unspecified atom stereocenters. The predicted molar refractivity (Wildman–Crippen MR) is 89.6 cm³/mol. The monoisotopic (exact) mass is 359 g/mol. The summed E-state index contributed by atoms with van der Waals surface area (Å²) >= 11 is 1.87. The van der Waals surface area contributed by atoms with Crippen LogP contribution < -0.4 is 16.0 Å². The number of thioether (sulfide) groups is 1. The number of carbonyl (C=O) groups is 3. The third-order valence-electron chi connectivity index (χ3n) is 4.09. The summed E-state index contributed by atoms with van der Waals surface area (Å²) < 4.78 is 4.75. The van der Waals surface area contributed by atoms with Gasteiger partial charge in [0.25, 0.3) is 0 Å². The second kappa shape index (κ2) is 9.12. The van der Waals surface area contributed by atoms with Gasteiger partial charge in [0.05, 0.1) is 18.6 Å². The minimum atomic E-state index is -1.14. The fourth-order valence-corrected chi connectivity index (χ4v) is 4.37. The lowest BCUT2D eigenvalue weighted by Gasteiger charge is -2.16. The minimum absolute atomic E-state index is 0.0595. The molecule has 0 spiro atoms.